The van der Waals surface area contributed by atoms with E-state index in [9.17, 15) is 4.79 Å². The summed E-state index contributed by atoms with van der Waals surface area (Å²) in [7, 11) is 3.26. The normalized spacial score (nSPS) is 15.4. The summed E-state index contributed by atoms with van der Waals surface area (Å²) < 4.78 is 4.87. The molecule has 0 radical (unpaired) electrons. The third kappa shape index (κ3) is 4.91. The van der Waals surface area contributed by atoms with Crippen LogP contribution in [0.1, 0.15) is 24.0 Å². The Bertz CT molecular complexity index is 839. The van der Waals surface area contributed by atoms with Gasteiger partial charge in [-0.1, -0.05) is 48.0 Å². The van der Waals surface area contributed by atoms with E-state index < -0.39 is 0 Å². The summed E-state index contributed by atoms with van der Waals surface area (Å²) in [6.07, 6.45) is 1.60. The van der Waals surface area contributed by atoms with Crippen LogP contribution in [-0.2, 0) is 16.1 Å². The van der Waals surface area contributed by atoms with Gasteiger partial charge in [0.2, 0.25) is 0 Å². The quantitative estimate of drug-likeness (QED) is 0.501. The maximum atomic E-state index is 11.7. The molecule has 0 bridgehead atoms. The van der Waals surface area contributed by atoms with Crippen LogP contribution in [0, 0.1) is 12.8 Å². The number of guanidine groups is 1. The van der Waals surface area contributed by atoms with Crippen LogP contribution in [0.2, 0.25) is 0 Å². The van der Waals surface area contributed by atoms with Gasteiger partial charge in [0.15, 0.2) is 5.96 Å². The fourth-order valence-corrected chi connectivity index (χ4v) is 3.69. The van der Waals surface area contributed by atoms with Crippen molar-refractivity contribution >= 4 is 11.9 Å². The van der Waals surface area contributed by atoms with Gasteiger partial charge in [-0.2, -0.15) is 0 Å². The standard InChI is InChI=1S/C23H29N3O2/c1-17-6-4-8-20(14-17)21-9-5-7-18(15-21)16-25-23(24-2)26-12-10-19(11-13-26)22(27)28-3/h4-9,14-15,19H,10-13,16H2,1-3H3,(H,24,25). The highest BCUT2D eigenvalue weighted by atomic mass is 16.5. The van der Waals surface area contributed by atoms with Gasteiger partial charge in [-0.05, 0) is 42.5 Å². The zero-order valence-electron chi connectivity index (χ0n) is 16.9. The Labute approximate surface area is 167 Å². The van der Waals surface area contributed by atoms with Crippen LogP contribution in [0.25, 0.3) is 11.1 Å². The number of aryl methyl sites for hydroxylation is 1. The lowest BCUT2D eigenvalue weighted by Gasteiger charge is -2.33. The fraction of sp³-hybridized carbons (Fsp3) is 0.391. The smallest absolute Gasteiger partial charge is 0.308 e. The molecule has 1 heterocycles. The number of esters is 1. The Morgan fingerprint density at radius 1 is 1.14 bits per heavy atom. The molecule has 0 aromatic heterocycles. The number of hydrogen-bond acceptors (Lipinski definition) is 3. The molecular weight excluding hydrogens is 350 g/mol. The van der Waals surface area contributed by atoms with E-state index >= 15 is 0 Å². The molecule has 0 amide bonds. The summed E-state index contributed by atoms with van der Waals surface area (Å²) in [5.41, 5.74) is 4.93. The first kappa shape index (κ1) is 19.9. The zero-order chi connectivity index (χ0) is 19.9. The minimum atomic E-state index is -0.101. The predicted octanol–water partition coefficient (Wildman–Crippen LogP) is 3.62. The molecule has 0 aliphatic carbocycles. The highest BCUT2D eigenvalue weighted by molar-refractivity contribution is 5.80. The molecule has 5 heteroatoms. The summed E-state index contributed by atoms with van der Waals surface area (Å²) in [5.74, 6) is 0.783. The number of piperidine rings is 1. The van der Waals surface area contributed by atoms with Gasteiger partial charge in [-0.15, -0.1) is 0 Å². The van der Waals surface area contributed by atoms with Gasteiger partial charge in [0.1, 0.15) is 0 Å². The van der Waals surface area contributed by atoms with Crippen molar-refractivity contribution in [3.63, 3.8) is 0 Å². The monoisotopic (exact) mass is 379 g/mol. The lowest BCUT2D eigenvalue weighted by atomic mass is 9.97. The molecule has 28 heavy (non-hydrogen) atoms. The Balaban J connectivity index is 1.60. The first-order chi connectivity index (χ1) is 13.6. The van der Waals surface area contributed by atoms with Crippen molar-refractivity contribution in [2.75, 3.05) is 27.2 Å². The minimum Gasteiger partial charge on any atom is -0.469 e. The second-order valence-electron chi connectivity index (χ2n) is 7.26. The number of nitrogens with one attached hydrogen (secondary N) is 1. The van der Waals surface area contributed by atoms with Gasteiger partial charge >= 0.3 is 5.97 Å². The Hall–Kier alpha value is -2.82. The molecule has 3 rings (SSSR count). The van der Waals surface area contributed by atoms with Crippen molar-refractivity contribution in [1.82, 2.24) is 10.2 Å². The van der Waals surface area contributed by atoms with E-state index in [0.717, 1.165) is 31.9 Å². The van der Waals surface area contributed by atoms with Gasteiger partial charge in [-0.25, -0.2) is 0 Å². The number of likely N-dealkylation sites (tertiary alicyclic amines) is 1. The Morgan fingerprint density at radius 2 is 1.82 bits per heavy atom. The molecule has 1 aliphatic rings. The van der Waals surface area contributed by atoms with E-state index in [1.54, 1.807) is 7.05 Å². The maximum absolute atomic E-state index is 11.7. The molecule has 1 N–H and O–H groups in total. The molecule has 0 atom stereocenters. The molecular formula is C23H29N3O2. The predicted molar refractivity (Wildman–Crippen MR) is 113 cm³/mol. The van der Waals surface area contributed by atoms with Crippen molar-refractivity contribution in [2.24, 2.45) is 10.9 Å². The van der Waals surface area contributed by atoms with Gasteiger partial charge in [0, 0.05) is 26.7 Å². The number of aliphatic imine (C=N–C) groups is 1. The second kappa shape index (κ2) is 9.40. The largest absolute Gasteiger partial charge is 0.469 e. The highest BCUT2D eigenvalue weighted by Gasteiger charge is 2.26. The van der Waals surface area contributed by atoms with E-state index in [1.165, 1.54) is 29.4 Å². The highest BCUT2D eigenvalue weighted by Crippen LogP contribution is 2.22. The molecule has 0 spiro atoms. The summed E-state index contributed by atoms with van der Waals surface area (Å²) in [4.78, 5) is 18.3. The van der Waals surface area contributed by atoms with Crippen LogP contribution in [-0.4, -0.2) is 44.1 Å². The van der Waals surface area contributed by atoms with E-state index in [4.69, 9.17) is 4.74 Å². The van der Waals surface area contributed by atoms with Gasteiger partial charge in [0.25, 0.3) is 0 Å². The van der Waals surface area contributed by atoms with Crippen LogP contribution in [0.4, 0.5) is 0 Å². The fourth-order valence-electron chi connectivity index (χ4n) is 3.69. The lowest BCUT2D eigenvalue weighted by Crippen LogP contribution is -2.46. The first-order valence-electron chi connectivity index (χ1n) is 9.80. The topological polar surface area (TPSA) is 53.9 Å². The average molecular weight is 380 g/mol. The van der Waals surface area contributed by atoms with Gasteiger partial charge < -0.3 is 15.0 Å². The van der Waals surface area contributed by atoms with Crippen LogP contribution in [0.15, 0.2) is 53.5 Å². The number of carbonyl (C=O) groups excluding carboxylic acids is 1. The summed E-state index contributed by atoms with van der Waals surface area (Å²) in [5, 5.41) is 3.46. The number of nitrogens with zero attached hydrogens (tertiary/aromatic N) is 2. The molecule has 1 saturated heterocycles. The molecule has 2 aromatic carbocycles. The summed E-state index contributed by atoms with van der Waals surface area (Å²) in [6.45, 7) is 4.44. The third-order valence-corrected chi connectivity index (χ3v) is 5.27. The van der Waals surface area contributed by atoms with Crippen molar-refractivity contribution < 1.29 is 9.53 Å². The molecule has 1 fully saturated rings. The number of rotatable bonds is 4. The van der Waals surface area contributed by atoms with Gasteiger partial charge in [-0.3, -0.25) is 9.79 Å². The third-order valence-electron chi connectivity index (χ3n) is 5.27. The Kier molecular flexibility index (Phi) is 6.69. The number of methoxy groups -OCH3 is 1. The summed E-state index contributed by atoms with van der Waals surface area (Å²) in [6, 6.07) is 17.1. The maximum Gasteiger partial charge on any atom is 0.308 e. The average Bonchev–Trinajstić information content (AvgIpc) is 2.74. The van der Waals surface area contributed by atoms with Crippen LogP contribution >= 0.6 is 0 Å². The molecule has 5 nitrogen and oxygen atoms in total. The van der Waals surface area contributed by atoms with Crippen molar-refractivity contribution in [2.45, 2.75) is 26.3 Å². The number of ether oxygens (including phenoxy) is 1. The van der Waals surface area contributed by atoms with Gasteiger partial charge in [0.05, 0.1) is 13.0 Å². The van der Waals surface area contributed by atoms with E-state index in [2.05, 4.69) is 70.7 Å². The Morgan fingerprint density at radius 3 is 2.46 bits per heavy atom. The number of benzene rings is 2. The van der Waals surface area contributed by atoms with E-state index in [1.807, 2.05) is 0 Å². The molecule has 1 aliphatic heterocycles. The molecule has 0 unspecified atom stereocenters. The van der Waals surface area contributed by atoms with Crippen molar-refractivity contribution in [3.8, 4) is 11.1 Å². The number of carbonyl (C=O) groups is 1. The SMILES string of the molecule is CN=C(NCc1cccc(-c2cccc(C)c2)c1)N1CCC(C(=O)OC)CC1. The number of hydrogen-bond donors (Lipinski definition) is 1. The summed E-state index contributed by atoms with van der Waals surface area (Å²) >= 11 is 0. The zero-order valence-corrected chi connectivity index (χ0v) is 16.9. The molecule has 2 aromatic rings. The van der Waals surface area contributed by atoms with E-state index in [-0.39, 0.29) is 11.9 Å². The van der Waals surface area contributed by atoms with E-state index in [0.29, 0.717) is 6.54 Å². The van der Waals surface area contributed by atoms with Crippen LogP contribution in [0.5, 0.6) is 0 Å². The lowest BCUT2D eigenvalue weighted by molar-refractivity contribution is -0.146. The van der Waals surface area contributed by atoms with Crippen LogP contribution in [0.3, 0.4) is 0 Å². The minimum absolute atomic E-state index is 0.00497. The van der Waals surface area contributed by atoms with Crippen molar-refractivity contribution in [3.05, 3.63) is 59.7 Å². The first-order valence-corrected chi connectivity index (χ1v) is 9.80. The molecule has 148 valence electrons. The van der Waals surface area contributed by atoms with Crippen molar-refractivity contribution in [1.29, 1.82) is 0 Å². The van der Waals surface area contributed by atoms with Crippen LogP contribution < -0.4 is 5.32 Å². The molecule has 0 saturated carbocycles. The second-order valence-corrected chi connectivity index (χ2v) is 7.26.